The van der Waals surface area contributed by atoms with Gasteiger partial charge in [0, 0.05) is 10.7 Å². The zero-order valence-electron chi connectivity index (χ0n) is 10.7. The topological polar surface area (TPSA) is 79.3 Å². The van der Waals surface area contributed by atoms with Gasteiger partial charge in [-0.1, -0.05) is 25.4 Å². The van der Waals surface area contributed by atoms with Crippen molar-refractivity contribution in [1.82, 2.24) is 9.71 Å². The minimum Gasteiger partial charge on any atom is -0.394 e. The summed E-state index contributed by atoms with van der Waals surface area (Å²) in [6.45, 7) is 3.34. The monoisotopic (exact) mass is 370 g/mol. The van der Waals surface area contributed by atoms with Crippen LogP contribution in [0.4, 0.5) is 0 Å². The summed E-state index contributed by atoms with van der Waals surface area (Å²) in [5.41, 5.74) is -0.884. The molecular formula is C11H16BrClN2O3S. The summed E-state index contributed by atoms with van der Waals surface area (Å²) >= 11 is 8.98. The quantitative estimate of drug-likeness (QED) is 0.752. The lowest BCUT2D eigenvalue weighted by Crippen LogP contribution is -2.50. The minimum atomic E-state index is -3.84. The molecule has 0 radical (unpaired) electrons. The van der Waals surface area contributed by atoms with Gasteiger partial charge >= 0.3 is 0 Å². The maximum Gasteiger partial charge on any atom is 0.244 e. The molecule has 8 heteroatoms. The van der Waals surface area contributed by atoms with Crippen molar-refractivity contribution in [1.29, 1.82) is 0 Å². The van der Waals surface area contributed by atoms with Crippen LogP contribution in [0.5, 0.6) is 0 Å². The van der Waals surface area contributed by atoms with Crippen LogP contribution in [0.25, 0.3) is 0 Å². The van der Waals surface area contributed by atoms with Gasteiger partial charge in [-0.2, -0.15) is 0 Å². The molecule has 0 aliphatic rings. The number of nitrogens with zero attached hydrogens (tertiary/aromatic N) is 1. The van der Waals surface area contributed by atoms with Gasteiger partial charge in [-0.05, 0) is 34.8 Å². The lowest BCUT2D eigenvalue weighted by molar-refractivity contribution is 0.172. The summed E-state index contributed by atoms with van der Waals surface area (Å²) in [5.74, 6) is 0. The number of aromatic nitrogens is 1. The van der Waals surface area contributed by atoms with E-state index in [1.165, 1.54) is 12.3 Å². The van der Waals surface area contributed by atoms with Crippen LogP contribution >= 0.6 is 27.5 Å². The molecule has 0 fully saturated rings. The largest absolute Gasteiger partial charge is 0.394 e. The Hall–Kier alpha value is -0.210. The highest BCUT2D eigenvalue weighted by Gasteiger charge is 2.32. The van der Waals surface area contributed by atoms with E-state index in [9.17, 15) is 13.5 Å². The van der Waals surface area contributed by atoms with Crippen molar-refractivity contribution in [3.05, 3.63) is 21.9 Å². The molecule has 1 aromatic rings. The van der Waals surface area contributed by atoms with Crippen molar-refractivity contribution in [2.75, 3.05) is 6.61 Å². The van der Waals surface area contributed by atoms with Gasteiger partial charge in [-0.3, -0.25) is 0 Å². The molecule has 0 saturated heterocycles. The second-order valence-electron chi connectivity index (χ2n) is 4.19. The van der Waals surface area contributed by atoms with Crippen LogP contribution in [0.1, 0.15) is 26.7 Å². The van der Waals surface area contributed by atoms with Gasteiger partial charge in [0.15, 0.2) is 0 Å². The summed E-state index contributed by atoms with van der Waals surface area (Å²) < 4.78 is 27.7. The molecule has 0 aromatic carbocycles. The van der Waals surface area contributed by atoms with Crippen molar-refractivity contribution in [2.24, 2.45) is 0 Å². The molecule has 0 saturated carbocycles. The fourth-order valence-corrected chi connectivity index (χ4v) is 4.06. The Morgan fingerprint density at radius 3 is 2.53 bits per heavy atom. The van der Waals surface area contributed by atoms with E-state index < -0.39 is 15.6 Å². The number of aliphatic hydroxyl groups is 1. The maximum atomic E-state index is 12.3. The fourth-order valence-electron chi connectivity index (χ4n) is 1.58. The Kier molecular flexibility index (Phi) is 5.76. The third-order valence-electron chi connectivity index (χ3n) is 3.07. The van der Waals surface area contributed by atoms with Gasteiger partial charge in [0.2, 0.25) is 10.0 Å². The molecule has 0 amide bonds. The molecule has 19 heavy (non-hydrogen) atoms. The van der Waals surface area contributed by atoms with Crippen molar-refractivity contribution >= 4 is 37.6 Å². The van der Waals surface area contributed by atoms with Crippen LogP contribution in [0, 0.1) is 0 Å². The molecule has 2 N–H and O–H groups in total. The Bertz CT molecular complexity index is 539. The molecule has 1 rings (SSSR count). The van der Waals surface area contributed by atoms with E-state index >= 15 is 0 Å². The number of hydrogen-bond donors (Lipinski definition) is 2. The second kappa shape index (κ2) is 6.49. The van der Waals surface area contributed by atoms with E-state index in [0.717, 1.165) is 0 Å². The Labute approximate surface area is 126 Å². The third kappa shape index (κ3) is 3.88. The van der Waals surface area contributed by atoms with E-state index in [1.54, 1.807) is 0 Å². The van der Waals surface area contributed by atoms with E-state index in [1.807, 2.05) is 13.8 Å². The Morgan fingerprint density at radius 1 is 1.47 bits per heavy atom. The van der Waals surface area contributed by atoms with Crippen LogP contribution in [-0.4, -0.2) is 30.7 Å². The van der Waals surface area contributed by atoms with Gasteiger partial charge in [0.05, 0.1) is 12.1 Å². The number of hydrogen-bond acceptors (Lipinski definition) is 4. The Balaban J connectivity index is 3.21. The predicted molar refractivity (Wildman–Crippen MR) is 77.7 cm³/mol. The van der Waals surface area contributed by atoms with Crippen LogP contribution < -0.4 is 4.72 Å². The zero-order chi connectivity index (χ0) is 14.7. The average Bonchev–Trinajstić information content (AvgIpc) is 2.39. The van der Waals surface area contributed by atoms with E-state index in [2.05, 4.69) is 25.6 Å². The highest BCUT2D eigenvalue weighted by Crippen LogP contribution is 2.25. The molecule has 0 aliphatic carbocycles. The van der Waals surface area contributed by atoms with Crippen LogP contribution in [0.3, 0.4) is 0 Å². The number of halogens is 2. The summed E-state index contributed by atoms with van der Waals surface area (Å²) in [7, 11) is -3.84. The molecule has 0 atom stereocenters. The van der Waals surface area contributed by atoms with E-state index in [-0.39, 0.29) is 16.7 Å². The van der Waals surface area contributed by atoms with Crippen LogP contribution in [0.2, 0.25) is 5.15 Å². The number of pyridine rings is 1. The van der Waals surface area contributed by atoms with Crippen molar-refractivity contribution < 1.29 is 13.5 Å². The predicted octanol–water partition coefficient (Wildman–Crippen LogP) is 2.33. The number of aliphatic hydroxyl groups excluding tert-OH is 1. The normalized spacial score (nSPS) is 12.7. The van der Waals surface area contributed by atoms with Gasteiger partial charge in [0.25, 0.3) is 0 Å². The van der Waals surface area contributed by atoms with Crippen molar-refractivity contribution in [3.8, 4) is 0 Å². The first-order valence-electron chi connectivity index (χ1n) is 5.76. The van der Waals surface area contributed by atoms with Gasteiger partial charge in [-0.25, -0.2) is 18.1 Å². The second-order valence-corrected chi connectivity index (χ2v) is 7.12. The summed E-state index contributed by atoms with van der Waals surface area (Å²) in [4.78, 5) is 3.68. The first-order valence-corrected chi connectivity index (χ1v) is 8.41. The van der Waals surface area contributed by atoms with Crippen LogP contribution in [-0.2, 0) is 10.0 Å². The van der Waals surface area contributed by atoms with Crippen LogP contribution in [0.15, 0.2) is 21.6 Å². The Morgan fingerprint density at radius 2 is 2.05 bits per heavy atom. The highest BCUT2D eigenvalue weighted by molar-refractivity contribution is 9.10. The summed E-state index contributed by atoms with van der Waals surface area (Å²) in [5, 5.41) is 9.32. The van der Waals surface area contributed by atoms with Crippen molar-refractivity contribution in [3.63, 3.8) is 0 Å². The van der Waals surface area contributed by atoms with Gasteiger partial charge < -0.3 is 5.11 Å². The number of rotatable bonds is 6. The van der Waals surface area contributed by atoms with Gasteiger partial charge in [-0.15, -0.1) is 0 Å². The van der Waals surface area contributed by atoms with Crippen molar-refractivity contribution in [2.45, 2.75) is 37.1 Å². The lowest BCUT2D eigenvalue weighted by Gasteiger charge is -2.30. The van der Waals surface area contributed by atoms with E-state index in [0.29, 0.717) is 17.3 Å². The molecule has 1 aromatic heterocycles. The maximum absolute atomic E-state index is 12.3. The summed E-state index contributed by atoms with van der Waals surface area (Å²) in [6.07, 6.45) is 2.36. The summed E-state index contributed by atoms with van der Waals surface area (Å²) in [6, 6.07) is 1.38. The number of nitrogens with one attached hydrogen (secondary N) is 1. The molecule has 0 unspecified atom stereocenters. The van der Waals surface area contributed by atoms with Gasteiger partial charge in [0.1, 0.15) is 10.0 Å². The first kappa shape index (κ1) is 16.8. The number of sulfonamides is 1. The first-order chi connectivity index (χ1) is 8.80. The molecule has 0 aliphatic heterocycles. The fraction of sp³-hybridized carbons (Fsp3) is 0.545. The molecule has 0 spiro atoms. The molecule has 108 valence electrons. The molecule has 0 bridgehead atoms. The lowest BCUT2D eigenvalue weighted by atomic mass is 9.96. The smallest absolute Gasteiger partial charge is 0.244 e. The SMILES string of the molecule is CCC(CC)(CO)NS(=O)(=O)c1cc(Br)cnc1Cl. The minimum absolute atomic E-state index is 0.102. The third-order valence-corrected chi connectivity index (χ3v) is 5.51. The van der Waals surface area contributed by atoms with E-state index in [4.69, 9.17) is 11.6 Å². The molecule has 5 nitrogen and oxygen atoms in total. The molecule has 1 heterocycles. The zero-order valence-corrected chi connectivity index (χ0v) is 13.8. The molecular weight excluding hydrogens is 356 g/mol. The highest BCUT2D eigenvalue weighted by atomic mass is 79.9. The average molecular weight is 372 g/mol. The standard InChI is InChI=1S/C11H16BrClN2O3S/c1-3-11(4-2,7-16)15-19(17,18)9-5-8(12)6-14-10(9)13/h5-6,15-16H,3-4,7H2,1-2H3.